The molecular formula is C25H30N6O. The van der Waals surface area contributed by atoms with E-state index in [4.69, 9.17) is 19.8 Å². The van der Waals surface area contributed by atoms with Crippen molar-refractivity contribution in [3.05, 3.63) is 47.8 Å². The summed E-state index contributed by atoms with van der Waals surface area (Å²) in [6, 6.07) is 10.9. The Balaban J connectivity index is 1.32. The van der Waals surface area contributed by atoms with Gasteiger partial charge in [-0.05, 0) is 61.6 Å². The van der Waals surface area contributed by atoms with E-state index in [2.05, 4.69) is 52.1 Å². The van der Waals surface area contributed by atoms with Gasteiger partial charge in [-0.1, -0.05) is 18.2 Å². The first-order valence-electron chi connectivity index (χ1n) is 11.8. The number of imidazole rings is 1. The highest BCUT2D eigenvalue weighted by Crippen LogP contribution is 2.40. The zero-order valence-corrected chi connectivity index (χ0v) is 18.6. The topological polar surface area (TPSA) is 67.6 Å². The average Bonchev–Trinajstić information content (AvgIpc) is 3.76. The molecule has 6 rings (SSSR count). The van der Waals surface area contributed by atoms with Gasteiger partial charge in [-0.3, -0.25) is 5.43 Å². The summed E-state index contributed by atoms with van der Waals surface area (Å²) < 4.78 is 7.77. The van der Waals surface area contributed by atoms with Crippen molar-refractivity contribution < 1.29 is 4.74 Å². The molecule has 0 radical (unpaired) electrons. The van der Waals surface area contributed by atoms with Gasteiger partial charge in [0.2, 0.25) is 0 Å². The third kappa shape index (κ3) is 4.09. The van der Waals surface area contributed by atoms with Gasteiger partial charge in [0.1, 0.15) is 5.52 Å². The van der Waals surface area contributed by atoms with E-state index < -0.39 is 0 Å². The minimum Gasteiger partial charge on any atom is -0.378 e. The number of aromatic nitrogens is 3. The molecule has 3 aliphatic rings. The SMILES string of the molecule is C/C(=N\Nc1cc(N2CCOCC2)c2ncn(CC3CC3)c2n1)c1cccc(C2CC2)c1. The summed E-state index contributed by atoms with van der Waals surface area (Å²) in [6.07, 6.45) is 7.16. The second kappa shape index (κ2) is 8.20. The lowest BCUT2D eigenvalue weighted by molar-refractivity contribution is 0.123. The number of morpholine rings is 1. The molecule has 7 nitrogen and oxygen atoms in total. The number of hydrogen-bond donors (Lipinski definition) is 1. The first-order chi connectivity index (χ1) is 15.7. The standard InChI is InChI=1S/C25H30N6O/c1-17(20-3-2-4-21(13-20)19-7-8-19)28-29-23-14-22(30-9-11-32-12-10-30)24-25(27-23)31(16-26-24)15-18-5-6-18/h2-4,13-14,16,18-19H,5-12,15H2,1H3,(H,27,29)/b28-17+. The molecule has 0 amide bonds. The van der Waals surface area contributed by atoms with E-state index in [1.54, 1.807) is 0 Å². The van der Waals surface area contributed by atoms with Gasteiger partial charge in [0, 0.05) is 25.7 Å². The van der Waals surface area contributed by atoms with E-state index in [-0.39, 0.29) is 0 Å². The zero-order chi connectivity index (χ0) is 21.5. The third-order valence-electron chi connectivity index (χ3n) is 6.75. The fraction of sp³-hybridized carbons (Fsp3) is 0.480. The predicted molar refractivity (Wildman–Crippen MR) is 128 cm³/mol. The van der Waals surface area contributed by atoms with Gasteiger partial charge in [0.25, 0.3) is 0 Å². The van der Waals surface area contributed by atoms with E-state index in [0.717, 1.165) is 78.6 Å². The van der Waals surface area contributed by atoms with Gasteiger partial charge in [-0.2, -0.15) is 5.10 Å². The minimum absolute atomic E-state index is 0.739. The molecule has 166 valence electrons. The molecule has 3 heterocycles. The van der Waals surface area contributed by atoms with Crippen LogP contribution in [0.3, 0.4) is 0 Å². The number of benzene rings is 1. The molecule has 1 N–H and O–H groups in total. The lowest BCUT2D eigenvalue weighted by atomic mass is 10.0. The van der Waals surface area contributed by atoms with E-state index in [9.17, 15) is 0 Å². The highest BCUT2D eigenvalue weighted by molar-refractivity contribution is 5.99. The van der Waals surface area contributed by atoms with Crippen LogP contribution in [-0.4, -0.2) is 46.6 Å². The first kappa shape index (κ1) is 19.7. The van der Waals surface area contributed by atoms with E-state index >= 15 is 0 Å². The normalized spacial score (nSPS) is 19.5. The van der Waals surface area contributed by atoms with Gasteiger partial charge in [0.15, 0.2) is 11.5 Å². The average molecular weight is 431 g/mol. The number of anilines is 2. The van der Waals surface area contributed by atoms with Crippen LogP contribution in [0.15, 0.2) is 41.8 Å². The molecule has 2 aromatic heterocycles. The molecule has 3 fully saturated rings. The molecule has 1 aliphatic heterocycles. The van der Waals surface area contributed by atoms with Gasteiger partial charge in [0.05, 0.1) is 30.9 Å². The van der Waals surface area contributed by atoms with E-state index in [0.29, 0.717) is 0 Å². The van der Waals surface area contributed by atoms with E-state index in [1.165, 1.54) is 31.2 Å². The molecule has 0 unspecified atom stereocenters. The van der Waals surface area contributed by atoms with Crippen LogP contribution in [0, 0.1) is 5.92 Å². The van der Waals surface area contributed by atoms with Gasteiger partial charge in [-0.15, -0.1) is 0 Å². The number of nitrogens with zero attached hydrogens (tertiary/aromatic N) is 5. The van der Waals surface area contributed by atoms with Crippen molar-refractivity contribution in [1.29, 1.82) is 0 Å². The summed E-state index contributed by atoms with van der Waals surface area (Å²) in [5.74, 6) is 2.26. The molecular weight excluding hydrogens is 400 g/mol. The van der Waals surface area contributed by atoms with Crippen molar-refractivity contribution in [2.45, 2.75) is 45.1 Å². The Morgan fingerprint density at radius 1 is 1.16 bits per heavy atom. The highest BCUT2D eigenvalue weighted by Gasteiger charge is 2.25. The summed E-state index contributed by atoms with van der Waals surface area (Å²) in [4.78, 5) is 12.0. The Kier molecular flexibility index (Phi) is 5.06. The van der Waals surface area contributed by atoms with Crippen LogP contribution >= 0.6 is 0 Å². The van der Waals surface area contributed by atoms with Gasteiger partial charge >= 0.3 is 0 Å². The maximum absolute atomic E-state index is 5.57. The lowest BCUT2D eigenvalue weighted by Gasteiger charge is -2.29. The van der Waals surface area contributed by atoms with Gasteiger partial charge < -0.3 is 14.2 Å². The van der Waals surface area contributed by atoms with Crippen LogP contribution < -0.4 is 10.3 Å². The van der Waals surface area contributed by atoms with Crippen LogP contribution in [0.4, 0.5) is 11.5 Å². The highest BCUT2D eigenvalue weighted by atomic mass is 16.5. The number of hydrazone groups is 1. The number of fused-ring (bicyclic) bond motifs is 1. The molecule has 3 aromatic rings. The van der Waals surface area contributed by atoms with Crippen molar-refractivity contribution in [3.63, 3.8) is 0 Å². The molecule has 0 atom stereocenters. The molecule has 32 heavy (non-hydrogen) atoms. The summed E-state index contributed by atoms with van der Waals surface area (Å²) >= 11 is 0. The summed E-state index contributed by atoms with van der Waals surface area (Å²) in [6.45, 7) is 6.26. The predicted octanol–water partition coefficient (Wildman–Crippen LogP) is 4.39. The van der Waals surface area contributed by atoms with E-state index in [1.807, 2.05) is 6.33 Å². The molecule has 0 bridgehead atoms. The summed E-state index contributed by atoms with van der Waals surface area (Å²) in [5, 5.41) is 4.70. The van der Waals surface area contributed by atoms with Crippen molar-refractivity contribution in [3.8, 4) is 0 Å². The summed E-state index contributed by atoms with van der Waals surface area (Å²) in [7, 11) is 0. The Morgan fingerprint density at radius 2 is 2.00 bits per heavy atom. The quantitative estimate of drug-likeness (QED) is 0.445. The van der Waals surface area contributed by atoms with Crippen molar-refractivity contribution in [1.82, 2.24) is 14.5 Å². The number of hydrogen-bond acceptors (Lipinski definition) is 6. The monoisotopic (exact) mass is 430 g/mol. The number of rotatable bonds is 7. The summed E-state index contributed by atoms with van der Waals surface area (Å²) in [5.41, 5.74) is 9.81. The van der Waals surface area contributed by atoms with Crippen LogP contribution in [0.25, 0.3) is 11.2 Å². The Hall–Kier alpha value is -2.93. The third-order valence-corrected chi connectivity index (χ3v) is 6.75. The van der Waals surface area contributed by atoms with Crippen molar-refractivity contribution >= 4 is 28.4 Å². The molecule has 1 aromatic carbocycles. The maximum atomic E-state index is 5.57. The largest absolute Gasteiger partial charge is 0.378 e. The fourth-order valence-electron chi connectivity index (χ4n) is 4.47. The Morgan fingerprint density at radius 3 is 2.78 bits per heavy atom. The second-order valence-corrected chi connectivity index (χ2v) is 9.35. The fourth-order valence-corrected chi connectivity index (χ4v) is 4.47. The Bertz CT molecular complexity index is 1150. The minimum atomic E-state index is 0.739. The molecule has 2 saturated carbocycles. The van der Waals surface area contributed by atoms with Crippen LogP contribution in [0.1, 0.15) is 49.7 Å². The smallest absolute Gasteiger partial charge is 0.164 e. The molecule has 1 saturated heterocycles. The van der Waals surface area contributed by atoms with Crippen LogP contribution in [0.2, 0.25) is 0 Å². The molecule has 2 aliphatic carbocycles. The number of nitrogens with one attached hydrogen (secondary N) is 1. The maximum Gasteiger partial charge on any atom is 0.164 e. The number of pyridine rings is 1. The van der Waals surface area contributed by atoms with Crippen molar-refractivity contribution in [2.75, 3.05) is 36.6 Å². The van der Waals surface area contributed by atoms with Crippen LogP contribution in [-0.2, 0) is 11.3 Å². The van der Waals surface area contributed by atoms with Crippen molar-refractivity contribution in [2.24, 2.45) is 11.0 Å². The van der Waals surface area contributed by atoms with Crippen LogP contribution in [0.5, 0.6) is 0 Å². The Labute approximate surface area is 188 Å². The molecule has 7 heteroatoms. The lowest BCUT2D eigenvalue weighted by Crippen LogP contribution is -2.36. The second-order valence-electron chi connectivity index (χ2n) is 9.35. The first-order valence-corrected chi connectivity index (χ1v) is 11.8. The number of ether oxygens (including phenoxy) is 1. The molecule has 0 spiro atoms. The zero-order valence-electron chi connectivity index (χ0n) is 18.6. The van der Waals surface area contributed by atoms with Gasteiger partial charge in [-0.25, -0.2) is 9.97 Å².